The molecule has 0 spiro atoms. The van der Waals surface area contributed by atoms with Gasteiger partial charge >= 0.3 is 5.97 Å². The number of methoxy groups -OCH3 is 1. The largest absolute Gasteiger partial charge is 0.497 e. The number of carbonyl (C=O) groups is 2. The van der Waals surface area contributed by atoms with Crippen LogP contribution < -0.4 is 10.1 Å². The van der Waals surface area contributed by atoms with E-state index in [4.69, 9.17) is 26.5 Å². The van der Waals surface area contributed by atoms with E-state index < -0.39 is 5.97 Å². The second kappa shape index (κ2) is 11.6. The van der Waals surface area contributed by atoms with Crippen molar-refractivity contribution in [1.82, 2.24) is 15.1 Å². The maximum Gasteiger partial charge on any atom is 0.305 e. The summed E-state index contributed by atoms with van der Waals surface area (Å²) >= 11 is 6.13. The summed E-state index contributed by atoms with van der Waals surface area (Å²) in [7, 11) is 1.66. The molecule has 0 saturated carbocycles. The SMILES string of the molecule is COc1ccc2cc(-c3cc(-c4ccc(Cl)cc4)nn3C(C)c3ccc(C(=O)NCCC(=O)O)cc3)ccc2c1. The highest BCUT2D eigenvalue weighted by Gasteiger charge is 2.19. The Morgan fingerprint density at radius 3 is 2.30 bits per heavy atom. The molecule has 202 valence electrons. The molecular formula is C32H28ClN3O4. The zero-order valence-electron chi connectivity index (χ0n) is 22.1. The number of aromatic nitrogens is 2. The van der Waals surface area contributed by atoms with Crippen LogP contribution in [0.3, 0.4) is 0 Å². The van der Waals surface area contributed by atoms with Crippen LogP contribution in [0.15, 0.2) is 91.0 Å². The van der Waals surface area contributed by atoms with Crippen LogP contribution in [0.5, 0.6) is 5.75 Å². The quantitative estimate of drug-likeness (QED) is 0.208. The number of carboxylic acids is 1. The zero-order chi connectivity index (χ0) is 28.2. The van der Waals surface area contributed by atoms with Crippen molar-refractivity contribution in [3.63, 3.8) is 0 Å². The Morgan fingerprint density at radius 2 is 1.60 bits per heavy atom. The number of hydrogen-bond donors (Lipinski definition) is 2. The van der Waals surface area contributed by atoms with E-state index in [-0.39, 0.29) is 24.9 Å². The second-order valence-corrected chi connectivity index (χ2v) is 9.93. The van der Waals surface area contributed by atoms with Crippen molar-refractivity contribution in [2.45, 2.75) is 19.4 Å². The molecule has 1 aromatic heterocycles. The highest BCUT2D eigenvalue weighted by atomic mass is 35.5. The number of rotatable bonds is 9. The van der Waals surface area contributed by atoms with Gasteiger partial charge in [-0.25, -0.2) is 0 Å². The Balaban J connectivity index is 1.50. The molecule has 5 aromatic rings. The molecule has 7 nitrogen and oxygen atoms in total. The molecule has 1 heterocycles. The number of nitrogens with zero attached hydrogens (tertiary/aromatic N) is 2. The number of benzene rings is 4. The van der Waals surface area contributed by atoms with Crippen LogP contribution >= 0.6 is 11.6 Å². The first-order valence-electron chi connectivity index (χ1n) is 12.9. The standard InChI is InChI=1S/C32H28ClN3O4/c1-20(21-3-5-23(6-4-21)32(39)34-16-15-31(37)38)36-30(19-29(35-36)22-9-12-27(33)13-10-22)26-8-7-25-18-28(40-2)14-11-24(25)17-26/h3-14,17-20H,15-16H2,1-2H3,(H,34,39)(H,37,38). The Kier molecular flexibility index (Phi) is 7.84. The van der Waals surface area contributed by atoms with Gasteiger partial charge in [0.1, 0.15) is 5.75 Å². The van der Waals surface area contributed by atoms with Gasteiger partial charge in [0.05, 0.1) is 31.0 Å². The molecule has 4 aromatic carbocycles. The summed E-state index contributed by atoms with van der Waals surface area (Å²) in [6.45, 7) is 2.14. The third-order valence-electron chi connectivity index (χ3n) is 6.87. The van der Waals surface area contributed by atoms with E-state index in [1.807, 2.05) is 59.3 Å². The molecule has 1 unspecified atom stereocenters. The van der Waals surface area contributed by atoms with E-state index in [1.54, 1.807) is 19.2 Å². The van der Waals surface area contributed by atoms with E-state index in [0.29, 0.717) is 10.6 Å². The smallest absolute Gasteiger partial charge is 0.305 e. The monoisotopic (exact) mass is 553 g/mol. The third kappa shape index (κ3) is 5.84. The molecule has 0 aliphatic carbocycles. The molecule has 5 rings (SSSR count). The van der Waals surface area contributed by atoms with Gasteiger partial charge in [0, 0.05) is 28.3 Å². The van der Waals surface area contributed by atoms with E-state index in [0.717, 1.165) is 44.6 Å². The van der Waals surface area contributed by atoms with Crippen molar-refractivity contribution in [2.24, 2.45) is 0 Å². The fourth-order valence-corrected chi connectivity index (χ4v) is 4.74. The van der Waals surface area contributed by atoms with Crippen molar-refractivity contribution in [3.8, 4) is 28.3 Å². The first-order valence-corrected chi connectivity index (χ1v) is 13.2. The Hall–Kier alpha value is -4.62. The van der Waals surface area contributed by atoms with Gasteiger partial charge < -0.3 is 15.2 Å². The summed E-state index contributed by atoms with van der Waals surface area (Å²) in [6.07, 6.45) is -0.124. The summed E-state index contributed by atoms with van der Waals surface area (Å²) in [4.78, 5) is 23.1. The predicted molar refractivity (Wildman–Crippen MR) is 157 cm³/mol. The lowest BCUT2D eigenvalue weighted by atomic mass is 10.0. The summed E-state index contributed by atoms with van der Waals surface area (Å²) < 4.78 is 7.37. The highest BCUT2D eigenvalue weighted by Crippen LogP contribution is 2.33. The highest BCUT2D eigenvalue weighted by molar-refractivity contribution is 6.30. The summed E-state index contributed by atoms with van der Waals surface area (Å²) in [5, 5.41) is 19.3. The average Bonchev–Trinajstić information content (AvgIpc) is 3.42. The van der Waals surface area contributed by atoms with Gasteiger partial charge in [-0.15, -0.1) is 0 Å². The lowest BCUT2D eigenvalue weighted by molar-refractivity contribution is -0.136. The second-order valence-electron chi connectivity index (χ2n) is 9.49. The van der Waals surface area contributed by atoms with Gasteiger partial charge in [0.2, 0.25) is 0 Å². The first kappa shape index (κ1) is 27.0. The van der Waals surface area contributed by atoms with Crippen molar-refractivity contribution in [3.05, 3.63) is 107 Å². The van der Waals surface area contributed by atoms with E-state index in [1.165, 1.54) is 0 Å². The van der Waals surface area contributed by atoms with Crippen LogP contribution in [0.4, 0.5) is 0 Å². The molecule has 1 amide bonds. The fourth-order valence-electron chi connectivity index (χ4n) is 4.62. The minimum Gasteiger partial charge on any atom is -0.497 e. The normalized spacial score (nSPS) is 11.8. The summed E-state index contributed by atoms with van der Waals surface area (Å²) in [5.41, 5.74) is 5.18. The molecule has 0 radical (unpaired) electrons. The van der Waals surface area contributed by atoms with Crippen molar-refractivity contribution < 1.29 is 19.4 Å². The topological polar surface area (TPSA) is 93.5 Å². The predicted octanol–water partition coefficient (Wildman–Crippen LogP) is 6.85. The van der Waals surface area contributed by atoms with Gasteiger partial charge in [-0.2, -0.15) is 5.10 Å². The minimum absolute atomic E-state index is 0.0784. The van der Waals surface area contributed by atoms with Crippen LogP contribution in [0, 0.1) is 0 Å². The van der Waals surface area contributed by atoms with Crippen LogP contribution in [-0.4, -0.2) is 40.4 Å². The third-order valence-corrected chi connectivity index (χ3v) is 7.12. The maximum atomic E-state index is 12.4. The van der Waals surface area contributed by atoms with Gasteiger partial charge in [0.15, 0.2) is 0 Å². The number of ether oxygens (including phenoxy) is 1. The molecule has 8 heteroatoms. The molecular weight excluding hydrogens is 526 g/mol. The molecule has 1 atom stereocenters. The van der Waals surface area contributed by atoms with Gasteiger partial charge in [-0.3, -0.25) is 14.3 Å². The Labute approximate surface area is 237 Å². The molecule has 0 aliphatic heterocycles. The fraction of sp³-hybridized carbons (Fsp3) is 0.156. The lowest BCUT2D eigenvalue weighted by Gasteiger charge is -2.17. The summed E-state index contributed by atoms with van der Waals surface area (Å²) in [5.74, 6) is -0.454. The number of amides is 1. The first-order chi connectivity index (χ1) is 19.3. The van der Waals surface area contributed by atoms with E-state index in [2.05, 4.69) is 36.5 Å². The lowest BCUT2D eigenvalue weighted by Crippen LogP contribution is -2.26. The Morgan fingerprint density at radius 1 is 0.925 bits per heavy atom. The average molecular weight is 554 g/mol. The Bertz CT molecular complexity index is 1680. The summed E-state index contributed by atoms with van der Waals surface area (Å²) in [6, 6.07) is 29.1. The number of hydrogen-bond acceptors (Lipinski definition) is 4. The molecule has 0 bridgehead atoms. The van der Waals surface area contributed by atoms with Crippen LogP contribution in [0.1, 0.15) is 35.3 Å². The van der Waals surface area contributed by atoms with Crippen molar-refractivity contribution in [2.75, 3.05) is 13.7 Å². The van der Waals surface area contributed by atoms with Crippen molar-refractivity contribution in [1.29, 1.82) is 0 Å². The zero-order valence-corrected chi connectivity index (χ0v) is 22.9. The maximum absolute atomic E-state index is 12.4. The van der Waals surface area contributed by atoms with E-state index in [9.17, 15) is 9.59 Å². The molecule has 0 aliphatic rings. The molecule has 0 saturated heterocycles. The van der Waals surface area contributed by atoms with E-state index >= 15 is 0 Å². The number of halogens is 1. The van der Waals surface area contributed by atoms with Crippen LogP contribution in [0.25, 0.3) is 33.3 Å². The number of fused-ring (bicyclic) bond motifs is 1. The number of carboxylic acid groups (broad SMARTS) is 1. The van der Waals surface area contributed by atoms with Gasteiger partial charge in [-0.05, 0) is 71.8 Å². The molecule has 2 N–H and O–H groups in total. The van der Waals surface area contributed by atoms with Crippen LogP contribution in [-0.2, 0) is 4.79 Å². The van der Waals surface area contributed by atoms with Gasteiger partial charge in [0.25, 0.3) is 5.91 Å². The number of carbonyl (C=O) groups excluding carboxylic acids is 1. The molecule has 0 fully saturated rings. The van der Waals surface area contributed by atoms with Crippen LogP contribution in [0.2, 0.25) is 5.02 Å². The minimum atomic E-state index is -0.955. The number of aliphatic carboxylic acids is 1. The van der Waals surface area contributed by atoms with Gasteiger partial charge in [-0.1, -0.05) is 54.1 Å². The van der Waals surface area contributed by atoms with Crippen molar-refractivity contribution >= 4 is 34.2 Å². The number of nitrogens with one attached hydrogen (secondary N) is 1. The molecule has 40 heavy (non-hydrogen) atoms.